The van der Waals surface area contributed by atoms with Crippen LogP contribution in [-0.2, 0) is 9.47 Å². The van der Waals surface area contributed by atoms with Gasteiger partial charge in [0.1, 0.15) is 6.04 Å². The molecule has 0 radical (unpaired) electrons. The summed E-state index contributed by atoms with van der Waals surface area (Å²) in [5.41, 5.74) is 2.24. The fraction of sp³-hybridized carbons (Fsp3) is 0.778. The van der Waals surface area contributed by atoms with E-state index in [1.165, 1.54) is 0 Å². The van der Waals surface area contributed by atoms with Crippen molar-refractivity contribution in [3.8, 4) is 12.3 Å². The molecule has 4 nitrogen and oxygen atoms in total. The molecule has 1 heterocycles. The Kier molecular flexibility index (Phi) is 3.70. The molecule has 0 amide bonds. The molecule has 1 fully saturated rings. The molecule has 13 heavy (non-hydrogen) atoms. The van der Waals surface area contributed by atoms with Gasteiger partial charge in [-0.2, -0.15) is 0 Å². The fourth-order valence-corrected chi connectivity index (χ4v) is 1.68. The lowest BCUT2D eigenvalue weighted by atomic mass is 9.86. The monoisotopic (exact) mass is 184 g/mol. The van der Waals surface area contributed by atoms with Crippen LogP contribution in [0.15, 0.2) is 0 Å². The summed E-state index contributed by atoms with van der Waals surface area (Å²) in [7, 11) is 1.66. The zero-order valence-corrected chi connectivity index (χ0v) is 7.88. The smallest absolute Gasteiger partial charge is 0.110 e. The molecular formula is C9H16N2O2. The number of ether oxygens (including phenoxy) is 2. The fourth-order valence-electron chi connectivity index (χ4n) is 1.68. The van der Waals surface area contributed by atoms with Crippen LogP contribution in [0, 0.1) is 12.3 Å². The molecule has 4 heteroatoms. The molecule has 0 bridgehead atoms. The molecule has 0 saturated carbocycles. The molecule has 3 N–H and O–H groups in total. The second-order valence-corrected chi connectivity index (χ2v) is 3.15. The number of methoxy groups -OCH3 is 1. The van der Waals surface area contributed by atoms with Crippen LogP contribution in [0.3, 0.4) is 0 Å². The van der Waals surface area contributed by atoms with Crippen molar-refractivity contribution in [1.82, 2.24) is 5.43 Å². The first kappa shape index (κ1) is 10.5. The molecule has 0 aromatic heterocycles. The summed E-state index contributed by atoms with van der Waals surface area (Å²) in [4.78, 5) is 0. The van der Waals surface area contributed by atoms with E-state index in [-0.39, 0.29) is 11.6 Å². The lowest BCUT2D eigenvalue weighted by Crippen LogP contribution is -2.56. The molecular weight excluding hydrogens is 168 g/mol. The van der Waals surface area contributed by atoms with Gasteiger partial charge in [0.2, 0.25) is 0 Å². The SMILES string of the molecule is C#CC(NN)C1(OC)CCOCC1. The van der Waals surface area contributed by atoms with Gasteiger partial charge in [0.25, 0.3) is 0 Å². The maximum absolute atomic E-state index is 5.46. The zero-order chi connectivity index (χ0) is 9.73. The normalized spacial score (nSPS) is 23.5. The Bertz CT molecular complexity index is 194. The van der Waals surface area contributed by atoms with Gasteiger partial charge in [0.05, 0.1) is 5.60 Å². The third kappa shape index (κ3) is 2.01. The van der Waals surface area contributed by atoms with E-state index in [9.17, 15) is 0 Å². The van der Waals surface area contributed by atoms with Crippen molar-refractivity contribution in [3.63, 3.8) is 0 Å². The Labute approximate surface area is 78.7 Å². The second-order valence-electron chi connectivity index (χ2n) is 3.15. The summed E-state index contributed by atoms with van der Waals surface area (Å²) in [6.45, 7) is 1.35. The van der Waals surface area contributed by atoms with Gasteiger partial charge in [0, 0.05) is 33.2 Å². The maximum Gasteiger partial charge on any atom is 0.110 e. The Morgan fingerprint density at radius 1 is 1.62 bits per heavy atom. The van der Waals surface area contributed by atoms with Crippen molar-refractivity contribution in [2.24, 2.45) is 5.84 Å². The quantitative estimate of drug-likeness (QED) is 0.357. The van der Waals surface area contributed by atoms with E-state index < -0.39 is 0 Å². The maximum atomic E-state index is 5.46. The molecule has 1 aliphatic rings. The van der Waals surface area contributed by atoms with Crippen LogP contribution in [-0.4, -0.2) is 32.0 Å². The van der Waals surface area contributed by atoms with E-state index >= 15 is 0 Å². The van der Waals surface area contributed by atoms with Gasteiger partial charge in [0.15, 0.2) is 0 Å². The number of hydrogen-bond acceptors (Lipinski definition) is 4. The van der Waals surface area contributed by atoms with Crippen molar-refractivity contribution in [2.75, 3.05) is 20.3 Å². The lowest BCUT2D eigenvalue weighted by Gasteiger charge is -2.39. The number of rotatable bonds is 3. The molecule has 74 valence electrons. The van der Waals surface area contributed by atoms with E-state index in [0.717, 1.165) is 12.8 Å². The Morgan fingerprint density at radius 2 is 2.23 bits per heavy atom. The number of nitrogens with one attached hydrogen (secondary N) is 1. The topological polar surface area (TPSA) is 56.5 Å². The summed E-state index contributed by atoms with van der Waals surface area (Å²) < 4.78 is 10.7. The summed E-state index contributed by atoms with van der Waals surface area (Å²) in [5.74, 6) is 7.96. The van der Waals surface area contributed by atoms with Crippen LogP contribution in [0.4, 0.5) is 0 Å². The van der Waals surface area contributed by atoms with Crippen molar-refractivity contribution in [2.45, 2.75) is 24.5 Å². The van der Waals surface area contributed by atoms with Gasteiger partial charge >= 0.3 is 0 Å². The molecule has 0 aromatic carbocycles. The third-order valence-electron chi connectivity index (χ3n) is 2.61. The number of nitrogens with two attached hydrogens (primary N) is 1. The molecule has 1 atom stereocenters. The van der Waals surface area contributed by atoms with E-state index in [2.05, 4.69) is 11.3 Å². The highest BCUT2D eigenvalue weighted by molar-refractivity contribution is 5.10. The highest BCUT2D eigenvalue weighted by Crippen LogP contribution is 2.27. The van der Waals surface area contributed by atoms with E-state index in [4.69, 9.17) is 21.7 Å². The zero-order valence-electron chi connectivity index (χ0n) is 7.88. The predicted octanol–water partition coefficient (Wildman–Crippen LogP) is -0.353. The molecule has 0 spiro atoms. The minimum atomic E-state index is -0.359. The second kappa shape index (κ2) is 4.58. The van der Waals surface area contributed by atoms with Crippen molar-refractivity contribution in [1.29, 1.82) is 0 Å². The lowest BCUT2D eigenvalue weighted by molar-refractivity contribution is -0.0998. The van der Waals surface area contributed by atoms with Gasteiger partial charge in [-0.25, -0.2) is 5.43 Å². The van der Waals surface area contributed by atoms with Crippen molar-refractivity contribution < 1.29 is 9.47 Å². The van der Waals surface area contributed by atoms with Gasteiger partial charge < -0.3 is 9.47 Å². The Hall–Kier alpha value is -0.600. The van der Waals surface area contributed by atoms with Crippen LogP contribution in [0.1, 0.15) is 12.8 Å². The summed E-state index contributed by atoms with van der Waals surface area (Å²) >= 11 is 0. The van der Waals surface area contributed by atoms with E-state index in [0.29, 0.717) is 13.2 Å². The van der Waals surface area contributed by atoms with Gasteiger partial charge in [-0.3, -0.25) is 5.84 Å². The molecule has 1 rings (SSSR count). The van der Waals surface area contributed by atoms with Crippen LogP contribution in [0.2, 0.25) is 0 Å². The first-order valence-electron chi connectivity index (χ1n) is 4.34. The van der Waals surface area contributed by atoms with E-state index in [1.54, 1.807) is 7.11 Å². The van der Waals surface area contributed by atoms with Crippen LogP contribution < -0.4 is 11.3 Å². The third-order valence-corrected chi connectivity index (χ3v) is 2.61. The summed E-state index contributed by atoms with van der Waals surface area (Å²) in [5, 5.41) is 0. The molecule has 0 aromatic rings. The average Bonchev–Trinajstić information content (AvgIpc) is 2.21. The van der Waals surface area contributed by atoms with Crippen LogP contribution in [0.5, 0.6) is 0 Å². The minimum absolute atomic E-state index is 0.249. The molecule has 1 unspecified atom stereocenters. The van der Waals surface area contributed by atoms with Crippen LogP contribution in [0.25, 0.3) is 0 Å². The molecule has 1 saturated heterocycles. The first-order valence-corrected chi connectivity index (χ1v) is 4.34. The first-order chi connectivity index (χ1) is 6.29. The predicted molar refractivity (Wildman–Crippen MR) is 49.7 cm³/mol. The molecule has 0 aliphatic carbocycles. The highest BCUT2D eigenvalue weighted by Gasteiger charge is 2.39. The number of hydrogen-bond donors (Lipinski definition) is 2. The van der Waals surface area contributed by atoms with Crippen molar-refractivity contribution in [3.05, 3.63) is 0 Å². The van der Waals surface area contributed by atoms with Gasteiger partial charge in [-0.15, -0.1) is 6.42 Å². The standard InChI is InChI=1S/C9H16N2O2/c1-3-8(11-10)9(12-2)4-6-13-7-5-9/h1,8,11H,4-7,10H2,2H3. The van der Waals surface area contributed by atoms with Crippen molar-refractivity contribution >= 4 is 0 Å². The average molecular weight is 184 g/mol. The highest BCUT2D eigenvalue weighted by atomic mass is 16.5. The summed E-state index contributed by atoms with van der Waals surface area (Å²) in [6, 6.07) is -0.249. The summed E-state index contributed by atoms with van der Waals surface area (Å²) in [6.07, 6.45) is 6.92. The van der Waals surface area contributed by atoms with Gasteiger partial charge in [-0.1, -0.05) is 5.92 Å². The van der Waals surface area contributed by atoms with E-state index in [1.807, 2.05) is 0 Å². The number of hydrazine groups is 1. The Morgan fingerprint density at radius 3 is 2.62 bits per heavy atom. The number of terminal acetylenes is 1. The largest absolute Gasteiger partial charge is 0.381 e. The molecule has 1 aliphatic heterocycles. The van der Waals surface area contributed by atoms with Crippen LogP contribution >= 0.6 is 0 Å². The minimum Gasteiger partial charge on any atom is -0.381 e. The van der Waals surface area contributed by atoms with Gasteiger partial charge in [-0.05, 0) is 0 Å². The Balaban J connectivity index is 2.72.